The molecule has 5 nitrogen and oxygen atoms in total. The highest BCUT2D eigenvalue weighted by Gasteiger charge is 2.34. The van der Waals surface area contributed by atoms with Gasteiger partial charge in [-0.3, -0.25) is 19.3 Å². The summed E-state index contributed by atoms with van der Waals surface area (Å²) in [7, 11) is 0. The number of nitrogens with zero attached hydrogens (tertiary/aromatic N) is 1. The maximum absolute atomic E-state index is 12.2. The first kappa shape index (κ1) is 15.4. The number of carbonyl (C=O) groups excluding carboxylic acids is 3. The number of imide groups is 1. The minimum atomic E-state index is -0.322. The highest BCUT2D eigenvalue weighted by atomic mass is 32.1. The van der Waals surface area contributed by atoms with Crippen LogP contribution in [-0.4, -0.2) is 35.7 Å². The van der Waals surface area contributed by atoms with Gasteiger partial charge in [0.15, 0.2) is 0 Å². The lowest BCUT2D eigenvalue weighted by atomic mass is 10.1. The first-order valence-electron chi connectivity index (χ1n) is 7.41. The van der Waals surface area contributed by atoms with Crippen molar-refractivity contribution in [1.82, 2.24) is 10.2 Å². The van der Waals surface area contributed by atoms with Crippen LogP contribution < -0.4 is 5.32 Å². The quantitative estimate of drug-likeness (QED) is 0.826. The van der Waals surface area contributed by atoms with E-state index in [0.717, 1.165) is 11.3 Å². The van der Waals surface area contributed by atoms with Crippen LogP contribution in [0.4, 0.5) is 0 Å². The van der Waals surface area contributed by atoms with E-state index in [-0.39, 0.29) is 30.7 Å². The summed E-state index contributed by atoms with van der Waals surface area (Å²) in [6, 6.07) is 10.7. The third kappa shape index (κ3) is 3.32. The van der Waals surface area contributed by atoms with Gasteiger partial charge < -0.3 is 5.32 Å². The summed E-state index contributed by atoms with van der Waals surface area (Å²) >= 11 is 1.65. The van der Waals surface area contributed by atoms with Gasteiger partial charge in [-0.05, 0) is 30.0 Å². The highest BCUT2D eigenvalue weighted by molar-refractivity contribution is 7.09. The van der Waals surface area contributed by atoms with Gasteiger partial charge in [-0.2, -0.15) is 0 Å². The number of fused-ring (bicyclic) bond motifs is 1. The van der Waals surface area contributed by atoms with E-state index in [2.05, 4.69) is 5.32 Å². The molecule has 1 N–H and O–H groups in total. The summed E-state index contributed by atoms with van der Waals surface area (Å²) in [5, 5.41) is 4.81. The molecule has 3 amide bonds. The summed E-state index contributed by atoms with van der Waals surface area (Å²) in [4.78, 5) is 38.5. The molecular weight excluding hydrogens is 312 g/mol. The van der Waals surface area contributed by atoms with E-state index in [4.69, 9.17) is 0 Å². The van der Waals surface area contributed by atoms with Crippen LogP contribution in [-0.2, 0) is 11.2 Å². The molecule has 0 aliphatic carbocycles. The Hall–Kier alpha value is -2.47. The average Bonchev–Trinajstić information content (AvgIpc) is 3.15. The number of carbonyl (C=O) groups is 3. The van der Waals surface area contributed by atoms with Crippen molar-refractivity contribution < 1.29 is 14.4 Å². The largest absolute Gasteiger partial charge is 0.356 e. The molecule has 1 aliphatic rings. The Labute approximate surface area is 137 Å². The Balaban J connectivity index is 1.48. The molecule has 0 radical (unpaired) electrons. The minimum Gasteiger partial charge on any atom is -0.356 e. The minimum absolute atomic E-state index is 0.108. The first-order chi connectivity index (χ1) is 11.2. The van der Waals surface area contributed by atoms with Gasteiger partial charge in [0, 0.05) is 24.4 Å². The van der Waals surface area contributed by atoms with Crippen molar-refractivity contribution in [3.05, 3.63) is 57.8 Å². The molecule has 2 heterocycles. The number of hydrogen-bond acceptors (Lipinski definition) is 4. The smallest absolute Gasteiger partial charge is 0.261 e. The number of amides is 3. The molecule has 23 heavy (non-hydrogen) atoms. The van der Waals surface area contributed by atoms with E-state index in [0.29, 0.717) is 17.7 Å². The normalized spacial score (nSPS) is 13.3. The van der Waals surface area contributed by atoms with Crippen LogP contribution in [0.5, 0.6) is 0 Å². The van der Waals surface area contributed by atoms with Crippen LogP contribution in [0, 0.1) is 0 Å². The molecule has 1 aliphatic heterocycles. The Morgan fingerprint density at radius 2 is 1.74 bits per heavy atom. The van der Waals surface area contributed by atoms with E-state index < -0.39 is 0 Å². The second-order valence-corrected chi connectivity index (χ2v) is 6.27. The lowest BCUT2D eigenvalue weighted by Gasteiger charge is -2.13. The molecule has 0 unspecified atom stereocenters. The molecule has 6 heteroatoms. The Bertz CT molecular complexity index is 705. The topological polar surface area (TPSA) is 66.5 Å². The van der Waals surface area contributed by atoms with Crippen molar-refractivity contribution in [1.29, 1.82) is 0 Å². The monoisotopic (exact) mass is 328 g/mol. The van der Waals surface area contributed by atoms with Crippen molar-refractivity contribution in [2.75, 3.05) is 13.1 Å². The summed E-state index contributed by atoms with van der Waals surface area (Å²) in [6.07, 6.45) is 0.909. The molecule has 0 saturated heterocycles. The number of hydrogen-bond donors (Lipinski definition) is 1. The van der Waals surface area contributed by atoms with Crippen LogP contribution in [0.15, 0.2) is 41.8 Å². The van der Waals surface area contributed by atoms with Crippen molar-refractivity contribution in [3.8, 4) is 0 Å². The summed E-state index contributed by atoms with van der Waals surface area (Å²) in [5.74, 6) is -0.799. The zero-order valence-corrected chi connectivity index (χ0v) is 13.3. The standard InChI is InChI=1S/C17H16N2O3S/c20-15(18-9-7-12-4-3-11-23-12)8-10-19-16(21)13-5-1-2-6-14(13)17(19)22/h1-6,11H,7-10H2,(H,18,20). The molecule has 0 atom stereocenters. The first-order valence-corrected chi connectivity index (χ1v) is 8.29. The van der Waals surface area contributed by atoms with Crippen LogP contribution in [0.1, 0.15) is 32.0 Å². The highest BCUT2D eigenvalue weighted by Crippen LogP contribution is 2.22. The summed E-state index contributed by atoms with van der Waals surface area (Å²) in [5.41, 5.74) is 0.825. The fourth-order valence-corrected chi connectivity index (χ4v) is 3.23. The fraction of sp³-hybridized carbons (Fsp3) is 0.235. The molecule has 1 aromatic heterocycles. The lowest BCUT2D eigenvalue weighted by molar-refractivity contribution is -0.121. The van der Waals surface area contributed by atoms with Gasteiger partial charge in [0.05, 0.1) is 11.1 Å². The van der Waals surface area contributed by atoms with Crippen molar-refractivity contribution in [2.45, 2.75) is 12.8 Å². The lowest BCUT2D eigenvalue weighted by Crippen LogP contribution is -2.35. The van der Waals surface area contributed by atoms with Gasteiger partial charge >= 0.3 is 0 Å². The van der Waals surface area contributed by atoms with Crippen LogP contribution in [0.3, 0.4) is 0 Å². The maximum Gasteiger partial charge on any atom is 0.261 e. The van der Waals surface area contributed by atoms with Gasteiger partial charge in [0.1, 0.15) is 0 Å². The summed E-state index contributed by atoms with van der Waals surface area (Å²) in [6.45, 7) is 0.665. The second kappa shape index (κ2) is 6.75. The van der Waals surface area contributed by atoms with E-state index in [1.54, 1.807) is 35.6 Å². The molecule has 2 aromatic rings. The molecule has 3 rings (SSSR count). The Kier molecular flexibility index (Phi) is 4.52. The SMILES string of the molecule is O=C(CCN1C(=O)c2ccccc2C1=O)NCCc1cccs1. The molecule has 0 saturated carbocycles. The third-order valence-electron chi connectivity index (χ3n) is 3.71. The van der Waals surface area contributed by atoms with Crippen molar-refractivity contribution in [2.24, 2.45) is 0 Å². The Morgan fingerprint density at radius 3 is 2.35 bits per heavy atom. The third-order valence-corrected chi connectivity index (χ3v) is 4.65. The van der Waals surface area contributed by atoms with Crippen LogP contribution >= 0.6 is 11.3 Å². The van der Waals surface area contributed by atoms with Gasteiger partial charge in [0.25, 0.3) is 11.8 Å². The van der Waals surface area contributed by atoms with Crippen LogP contribution in [0.2, 0.25) is 0 Å². The predicted molar refractivity (Wildman–Crippen MR) is 87.5 cm³/mol. The zero-order valence-electron chi connectivity index (χ0n) is 12.5. The van der Waals surface area contributed by atoms with Crippen molar-refractivity contribution in [3.63, 3.8) is 0 Å². The molecule has 118 valence electrons. The number of nitrogens with one attached hydrogen (secondary N) is 1. The Morgan fingerprint density at radius 1 is 1.04 bits per heavy atom. The number of rotatable bonds is 6. The van der Waals surface area contributed by atoms with Crippen molar-refractivity contribution >= 4 is 29.1 Å². The van der Waals surface area contributed by atoms with E-state index >= 15 is 0 Å². The molecule has 0 bridgehead atoms. The van der Waals surface area contributed by atoms with Gasteiger partial charge in [0.2, 0.25) is 5.91 Å². The van der Waals surface area contributed by atoms with E-state index in [1.165, 1.54) is 4.88 Å². The number of benzene rings is 1. The molecule has 0 fully saturated rings. The fourth-order valence-electron chi connectivity index (χ4n) is 2.52. The number of thiophene rings is 1. The second-order valence-electron chi connectivity index (χ2n) is 5.24. The van der Waals surface area contributed by atoms with Gasteiger partial charge in [-0.25, -0.2) is 0 Å². The van der Waals surface area contributed by atoms with Crippen LogP contribution in [0.25, 0.3) is 0 Å². The van der Waals surface area contributed by atoms with E-state index in [9.17, 15) is 14.4 Å². The molecule has 0 spiro atoms. The molecular formula is C17H16N2O3S. The molecule has 1 aromatic carbocycles. The average molecular weight is 328 g/mol. The predicted octanol–water partition coefficient (Wildman–Crippen LogP) is 2.09. The van der Waals surface area contributed by atoms with Gasteiger partial charge in [-0.15, -0.1) is 11.3 Å². The van der Waals surface area contributed by atoms with Gasteiger partial charge in [-0.1, -0.05) is 18.2 Å². The zero-order chi connectivity index (χ0) is 16.2. The summed E-state index contributed by atoms with van der Waals surface area (Å²) < 4.78 is 0. The van der Waals surface area contributed by atoms with E-state index in [1.807, 2.05) is 17.5 Å². The maximum atomic E-state index is 12.2.